The number of hydrogen-bond donors (Lipinski definition) is 0. The number of rotatable bonds is 3. The fourth-order valence-electron chi connectivity index (χ4n) is 4.36. The van der Waals surface area contributed by atoms with E-state index in [0.717, 1.165) is 27.9 Å². The number of para-hydroxylation sites is 2. The zero-order valence-corrected chi connectivity index (χ0v) is 19.6. The van der Waals surface area contributed by atoms with Crippen LogP contribution >= 0.6 is 0 Å². The van der Waals surface area contributed by atoms with Gasteiger partial charge >= 0.3 is 0 Å². The van der Waals surface area contributed by atoms with Crippen LogP contribution in [0.15, 0.2) is 82.7 Å². The van der Waals surface area contributed by atoms with Gasteiger partial charge in [-0.3, -0.25) is 9.36 Å². The van der Waals surface area contributed by atoms with Crippen molar-refractivity contribution in [3.63, 3.8) is 0 Å². The van der Waals surface area contributed by atoms with Crippen molar-refractivity contribution in [1.82, 2.24) is 24.2 Å². The van der Waals surface area contributed by atoms with Gasteiger partial charge < -0.3 is 0 Å². The molecule has 0 fully saturated rings. The number of nitrogens with zero attached hydrogens (tertiary/aromatic N) is 6. The standard InChI is InChI=1S/C28H22N6O/c1-17-11-13-21(14-12-17)33-19(3)30-26-24(28(33)35)25-27(32-23-10-5-4-9-22(23)31-25)34(26)29-16-20-8-6-7-18(2)15-20/h4-16H,1-3H3. The first kappa shape index (κ1) is 20.9. The lowest BCUT2D eigenvalue weighted by Crippen LogP contribution is -2.22. The Hall–Kier alpha value is -4.65. The van der Waals surface area contributed by atoms with E-state index in [1.807, 2.05) is 93.6 Å². The van der Waals surface area contributed by atoms with Gasteiger partial charge in [0.2, 0.25) is 0 Å². The van der Waals surface area contributed by atoms with E-state index in [2.05, 4.69) is 0 Å². The third kappa shape index (κ3) is 3.49. The van der Waals surface area contributed by atoms with Crippen LogP contribution in [-0.2, 0) is 0 Å². The third-order valence-electron chi connectivity index (χ3n) is 6.08. The van der Waals surface area contributed by atoms with E-state index in [1.54, 1.807) is 15.5 Å². The first-order valence-electron chi connectivity index (χ1n) is 11.4. The minimum atomic E-state index is -0.199. The first-order chi connectivity index (χ1) is 17.0. The Morgan fingerprint density at radius 3 is 2.26 bits per heavy atom. The first-order valence-corrected chi connectivity index (χ1v) is 11.4. The van der Waals surface area contributed by atoms with Gasteiger partial charge in [-0.15, -0.1) is 0 Å². The Morgan fingerprint density at radius 2 is 1.51 bits per heavy atom. The summed E-state index contributed by atoms with van der Waals surface area (Å²) in [6.45, 7) is 5.87. The molecule has 6 aromatic rings. The van der Waals surface area contributed by atoms with Crippen molar-refractivity contribution in [2.45, 2.75) is 20.8 Å². The summed E-state index contributed by atoms with van der Waals surface area (Å²) in [5.41, 5.74) is 6.61. The van der Waals surface area contributed by atoms with Crippen LogP contribution in [0.4, 0.5) is 0 Å². The largest absolute Gasteiger partial charge is 0.269 e. The zero-order chi connectivity index (χ0) is 24.1. The van der Waals surface area contributed by atoms with E-state index in [-0.39, 0.29) is 5.56 Å². The SMILES string of the molecule is Cc1ccc(-n2c(C)nc3c(c2=O)c2nc4ccccc4nc2n3N=Cc2cccc(C)c2)cc1. The average Bonchev–Trinajstić information content (AvgIpc) is 3.14. The van der Waals surface area contributed by atoms with Crippen LogP contribution in [-0.4, -0.2) is 30.4 Å². The van der Waals surface area contributed by atoms with Crippen molar-refractivity contribution in [3.05, 3.63) is 106 Å². The van der Waals surface area contributed by atoms with Gasteiger partial charge in [0.25, 0.3) is 5.56 Å². The van der Waals surface area contributed by atoms with Crippen LogP contribution in [0.3, 0.4) is 0 Å². The van der Waals surface area contributed by atoms with Gasteiger partial charge in [-0.2, -0.15) is 9.78 Å². The summed E-state index contributed by atoms with van der Waals surface area (Å²) in [6.07, 6.45) is 1.76. The van der Waals surface area contributed by atoms with Crippen LogP contribution in [0.5, 0.6) is 0 Å². The number of hydrogen-bond acceptors (Lipinski definition) is 5. The molecule has 6 rings (SSSR count). The Balaban J connectivity index is 1.70. The molecule has 0 N–H and O–H groups in total. The van der Waals surface area contributed by atoms with Gasteiger partial charge in [-0.1, -0.05) is 59.7 Å². The average molecular weight is 459 g/mol. The minimum Gasteiger partial charge on any atom is -0.268 e. The highest BCUT2D eigenvalue weighted by molar-refractivity contribution is 6.05. The maximum absolute atomic E-state index is 13.9. The predicted octanol–water partition coefficient (Wildman–Crippen LogP) is 5.09. The molecule has 0 aliphatic rings. The van der Waals surface area contributed by atoms with E-state index in [1.165, 1.54) is 0 Å². The molecule has 0 spiro atoms. The highest BCUT2D eigenvalue weighted by Gasteiger charge is 2.21. The van der Waals surface area contributed by atoms with Crippen LogP contribution in [0, 0.1) is 20.8 Å². The molecule has 0 saturated heterocycles. The normalized spacial score (nSPS) is 11.9. The Bertz CT molecular complexity index is 1840. The summed E-state index contributed by atoms with van der Waals surface area (Å²) >= 11 is 0. The lowest BCUT2D eigenvalue weighted by molar-refractivity contribution is 0.865. The molecule has 7 heteroatoms. The van der Waals surface area contributed by atoms with Crippen molar-refractivity contribution < 1.29 is 0 Å². The zero-order valence-electron chi connectivity index (χ0n) is 19.6. The molecular formula is C28H22N6O. The molecule has 0 bridgehead atoms. The number of benzene rings is 3. The molecule has 7 nitrogen and oxygen atoms in total. The van der Waals surface area contributed by atoms with Crippen molar-refractivity contribution >= 4 is 39.4 Å². The van der Waals surface area contributed by atoms with E-state index >= 15 is 0 Å². The lowest BCUT2D eigenvalue weighted by atomic mass is 10.2. The molecule has 3 aromatic heterocycles. The van der Waals surface area contributed by atoms with Gasteiger partial charge in [0.15, 0.2) is 11.3 Å². The lowest BCUT2D eigenvalue weighted by Gasteiger charge is -2.10. The van der Waals surface area contributed by atoms with Gasteiger partial charge in [-0.25, -0.2) is 15.0 Å². The van der Waals surface area contributed by atoms with Crippen LogP contribution in [0.25, 0.3) is 38.9 Å². The smallest absolute Gasteiger partial charge is 0.268 e. The van der Waals surface area contributed by atoms with Crippen LogP contribution in [0.1, 0.15) is 22.5 Å². The van der Waals surface area contributed by atoms with Crippen LogP contribution < -0.4 is 5.56 Å². The highest BCUT2D eigenvalue weighted by atomic mass is 16.1. The molecule has 0 unspecified atom stereocenters. The molecule has 0 atom stereocenters. The molecule has 0 radical (unpaired) electrons. The van der Waals surface area contributed by atoms with E-state index in [0.29, 0.717) is 33.5 Å². The fraction of sp³-hybridized carbons (Fsp3) is 0.107. The topological polar surface area (TPSA) is 78.0 Å². The second-order valence-electron chi connectivity index (χ2n) is 8.69. The minimum absolute atomic E-state index is 0.199. The molecule has 170 valence electrons. The molecule has 0 amide bonds. The van der Waals surface area contributed by atoms with Crippen molar-refractivity contribution in [2.24, 2.45) is 5.10 Å². The van der Waals surface area contributed by atoms with Crippen molar-refractivity contribution in [1.29, 1.82) is 0 Å². The summed E-state index contributed by atoms with van der Waals surface area (Å²) in [7, 11) is 0. The number of aromatic nitrogens is 5. The molecule has 0 aliphatic heterocycles. The second kappa shape index (κ2) is 7.99. The summed E-state index contributed by atoms with van der Waals surface area (Å²) in [5, 5.41) is 5.11. The summed E-state index contributed by atoms with van der Waals surface area (Å²) in [5.74, 6) is 0.561. The maximum Gasteiger partial charge on any atom is 0.269 e. The van der Waals surface area contributed by atoms with Crippen LogP contribution in [0.2, 0.25) is 0 Å². The Morgan fingerprint density at radius 1 is 0.771 bits per heavy atom. The number of fused-ring (bicyclic) bond motifs is 4. The molecule has 3 aromatic carbocycles. The third-order valence-corrected chi connectivity index (χ3v) is 6.08. The Labute approximate surface area is 201 Å². The van der Waals surface area contributed by atoms with E-state index < -0.39 is 0 Å². The van der Waals surface area contributed by atoms with Gasteiger partial charge in [0.05, 0.1) is 22.9 Å². The molecule has 0 saturated carbocycles. The second-order valence-corrected chi connectivity index (χ2v) is 8.69. The molecule has 35 heavy (non-hydrogen) atoms. The molecular weight excluding hydrogens is 436 g/mol. The predicted molar refractivity (Wildman–Crippen MR) is 140 cm³/mol. The van der Waals surface area contributed by atoms with E-state index in [9.17, 15) is 4.79 Å². The molecule has 0 aliphatic carbocycles. The fourth-order valence-corrected chi connectivity index (χ4v) is 4.36. The van der Waals surface area contributed by atoms with Crippen molar-refractivity contribution in [2.75, 3.05) is 0 Å². The quantitative estimate of drug-likeness (QED) is 0.346. The van der Waals surface area contributed by atoms with Gasteiger partial charge in [0.1, 0.15) is 16.7 Å². The molecule has 3 heterocycles. The monoisotopic (exact) mass is 458 g/mol. The summed E-state index contributed by atoms with van der Waals surface area (Å²) < 4.78 is 3.24. The van der Waals surface area contributed by atoms with Gasteiger partial charge in [0, 0.05) is 0 Å². The van der Waals surface area contributed by atoms with E-state index in [4.69, 9.17) is 20.1 Å². The highest BCUT2D eigenvalue weighted by Crippen LogP contribution is 2.26. The van der Waals surface area contributed by atoms with Crippen molar-refractivity contribution in [3.8, 4) is 5.69 Å². The summed E-state index contributed by atoms with van der Waals surface area (Å²) in [6, 6.07) is 23.5. The Kier molecular flexibility index (Phi) is 4.77. The maximum atomic E-state index is 13.9. The van der Waals surface area contributed by atoms with Gasteiger partial charge in [-0.05, 0) is 50.6 Å². The number of aryl methyl sites for hydroxylation is 3. The summed E-state index contributed by atoms with van der Waals surface area (Å²) in [4.78, 5) is 28.4.